The van der Waals surface area contributed by atoms with E-state index in [4.69, 9.17) is 5.73 Å². The number of amides is 1. The molecule has 1 aliphatic heterocycles. The van der Waals surface area contributed by atoms with E-state index in [1.165, 1.54) is 19.3 Å². The SMILES string of the molecule is N[C@H]1C(=O)N(C2CCCCC2)c2ccccc2-c2ccccc21. The van der Waals surface area contributed by atoms with E-state index in [2.05, 4.69) is 18.2 Å². The van der Waals surface area contributed by atoms with Gasteiger partial charge in [0.1, 0.15) is 6.04 Å². The topological polar surface area (TPSA) is 46.3 Å². The molecule has 1 saturated carbocycles. The summed E-state index contributed by atoms with van der Waals surface area (Å²) >= 11 is 0. The van der Waals surface area contributed by atoms with Gasteiger partial charge in [0.15, 0.2) is 0 Å². The first kappa shape index (κ1) is 14.5. The van der Waals surface area contributed by atoms with Crippen LogP contribution in [0.5, 0.6) is 0 Å². The van der Waals surface area contributed by atoms with Crippen LogP contribution in [0.1, 0.15) is 43.7 Å². The van der Waals surface area contributed by atoms with Crippen molar-refractivity contribution in [2.24, 2.45) is 5.73 Å². The maximum Gasteiger partial charge on any atom is 0.248 e. The number of nitrogens with two attached hydrogens (primary N) is 1. The van der Waals surface area contributed by atoms with E-state index in [0.717, 1.165) is 35.2 Å². The Morgan fingerprint density at radius 1 is 0.870 bits per heavy atom. The first-order chi connectivity index (χ1) is 11.3. The Bertz CT molecular complexity index is 734. The molecule has 3 nitrogen and oxygen atoms in total. The molecule has 1 fully saturated rings. The Balaban J connectivity index is 1.91. The summed E-state index contributed by atoms with van der Waals surface area (Å²) in [4.78, 5) is 15.2. The molecule has 1 atom stereocenters. The van der Waals surface area contributed by atoms with Crippen LogP contribution in [0.25, 0.3) is 11.1 Å². The molecule has 0 unspecified atom stereocenters. The van der Waals surface area contributed by atoms with Crippen LogP contribution in [0.15, 0.2) is 48.5 Å². The van der Waals surface area contributed by atoms with E-state index < -0.39 is 6.04 Å². The molecule has 118 valence electrons. The van der Waals surface area contributed by atoms with Gasteiger partial charge in [0.2, 0.25) is 5.91 Å². The third-order valence-electron chi connectivity index (χ3n) is 5.19. The second kappa shape index (κ2) is 5.82. The Labute approximate surface area is 137 Å². The Morgan fingerprint density at radius 2 is 1.52 bits per heavy atom. The maximum atomic E-state index is 13.2. The standard InChI is InChI=1S/C20H22N2O/c21-19-17-12-5-4-10-15(17)16-11-6-7-13-18(16)22(20(19)23)14-8-2-1-3-9-14/h4-7,10-14,19H,1-3,8-9,21H2/t19-/m1/s1. The molecule has 2 aromatic carbocycles. The lowest BCUT2D eigenvalue weighted by atomic mass is 9.93. The van der Waals surface area contributed by atoms with Crippen LogP contribution in [0.3, 0.4) is 0 Å². The number of para-hydroxylation sites is 1. The molecular weight excluding hydrogens is 284 g/mol. The maximum absolute atomic E-state index is 13.2. The van der Waals surface area contributed by atoms with Crippen molar-refractivity contribution < 1.29 is 4.79 Å². The van der Waals surface area contributed by atoms with Crippen LogP contribution >= 0.6 is 0 Å². The summed E-state index contributed by atoms with van der Waals surface area (Å²) in [6.07, 6.45) is 5.80. The molecule has 1 aliphatic carbocycles. The Kier molecular flexibility index (Phi) is 3.66. The second-order valence-corrected chi connectivity index (χ2v) is 6.58. The first-order valence-electron chi connectivity index (χ1n) is 8.54. The van der Waals surface area contributed by atoms with Gasteiger partial charge in [-0.2, -0.15) is 0 Å². The fourth-order valence-corrected chi connectivity index (χ4v) is 4.04. The van der Waals surface area contributed by atoms with Crippen molar-refractivity contribution in [3.63, 3.8) is 0 Å². The quantitative estimate of drug-likeness (QED) is 0.864. The molecule has 0 spiro atoms. The molecule has 0 radical (unpaired) electrons. The highest BCUT2D eigenvalue weighted by Gasteiger charge is 2.35. The predicted molar refractivity (Wildman–Crippen MR) is 93.2 cm³/mol. The third kappa shape index (κ3) is 2.36. The summed E-state index contributed by atoms with van der Waals surface area (Å²) in [6, 6.07) is 16.0. The van der Waals surface area contributed by atoms with Gasteiger partial charge in [0.25, 0.3) is 0 Å². The monoisotopic (exact) mass is 306 g/mol. The largest absolute Gasteiger partial charge is 0.316 e. The van der Waals surface area contributed by atoms with E-state index in [1.54, 1.807) is 0 Å². The van der Waals surface area contributed by atoms with E-state index >= 15 is 0 Å². The lowest BCUT2D eigenvalue weighted by Gasteiger charge is -2.35. The van der Waals surface area contributed by atoms with E-state index in [-0.39, 0.29) is 11.9 Å². The van der Waals surface area contributed by atoms with Crippen molar-refractivity contribution in [3.05, 3.63) is 54.1 Å². The molecule has 3 heteroatoms. The van der Waals surface area contributed by atoms with E-state index in [9.17, 15) is 4.79 Å². The number of rotatable bonds is 1. The first-order valence-corrected chi connectivity index (χ1v) is 8.54. The Morgan fingerprint density at radius 3 is 2.30 bits per heavy atom. The number of nitrogens with zero attached hydrogens (tertiary/aromatic N) is 1. The summed E-state index contributed by atoms with van der Waals surface area (Å²) < 4.78 is 0. The van der Waals surface area contributed by atoms with Gasteiger partial charge in [-0.25, -0.2) is 0 Å². The average Bonchev–Trinajstić information content (AvgIpc) is 2.71. The lowest BCUT2D eigenvalue weighted by molar-refractivity contribution is -0.120. The van der Waals surface area contributed by atoms with Crippen molar-refractivity contribution >= 4 is 11.6 Å². The molecule has 23 heavy (non-hydrogen) atoms. The lowest BCUT2D eigenvalue weighted by Crippen LogP contribution is -2.45. The van der Waals surface area contributed by atoms with Crippen molar-refractivity contribution in [2.45, 2.75) is 44.2 Å². The van der Waals surface area contributed by atoms with Gasteiger partial charge < -0.3 is 10.6 Å². The highest BCUT2D eigenvalue weighted by Crippen LogP contribution is 2.41. The van der Waals surface area contributed by atoms with Gasteiger partial charge in [0, 0.05) is 11.6 Å². The zero-order valence-electron chi connectivity index (χ0n) is 13.2. The Hall–Kier alpha value is -2.13. The minimum atomic E-state index is -0.583. The molecule has 2 aliphatic rings. The highest BCUT2D eigenvalue weighted by molar-refractivity contribution is 6.05. The summed E-state index contributed by atoms with van der Waals surface area (Å²) in [6.45, 7) is 0. The van der Waals surface area contributed by atoms with Crippen LogP contribution in [0, 0.1) is 0 Å². The molecule has 4 rings (SSSR count). The van der Waals surface area contributed by atoms with Gasteiger partial charge in [-0.05, 0) is 30.0 Å². The van der Waals surface area contributed by atoms with Gasteiger partial charge >= 0.3 is 0 Å². The second-order valence-electron chi connectivity index (χ2n) is 6.58. The minimum absolute atomic E-state index is 0.0364. The fraction of sp³-hybridized carbons (Fsp3) is 0.350. The van der Waals surface area contributed by atoms with Crippen LogP contribution < -0.4 is 10.6 Å². The summed E-state index contributed by atoms with van der Waals surface area (Å²) in [5, 5.41) is 0. The van der Waals surface area contributed by atoms with Crippen LogP contribution in [0.2, 0.25) is 0 Å². The van der Waals surface area contributed by atoms with Gasteiger partial charge in [-0.15, -0.1) is 0 Å². The van der Waals surface area contributed by atoms with Crippen LogP contribution in [-0.2, 0) is 4.79 Å². The van der Waals surface area contributed by atoms with Gasteiger partial charge in [0.05, 0.1) is 5.69 Å². The van der Waals surface area contributed by atoms with Crippen LogP contribution in [0.4, 0.5) is 5.69 Å². The van der Waals surface area contributed by atoms with Gasteiger partial charge in [-0.1, -0.05) is 61.7 Å². The zero-order valence-corrected chi connectivity index (χ0v) is 13.2. The molecule has 0 bridgehead atoms. The molecule has 0 saturated heterocycles. The normalized spacial score (nSPS) is 21.5. The number of anilines is 1. The number of fused-ring (bicyclic) bond motifs is 3. The number of carbonyl (C=O) groups is 1. The van der Waals surface area contributed by atoms with Crippen LogP contribution in [-0.4, -0.2) is 11.9 Å². The van der Waals surface area contributed by atoms with Crippen molar-refractivity contribution in [1.29, 1.82) is 0 Å². The fourth-order valence-electron chi connectivity index (χ4n) is 4.04. The third-order valence-corrected chi connectivity index (χ3v) is 5.19. The minimum Gasteiger partial charge on any atom is -0.316 e. The van der Waals surface area contributed by atoms with E-state index in [1.807, 2.05) is 35.2 Å². The average molecular weight is 306 g/mol. The predicted octanol–water partition coefficient (Wildman–Crippen LogP) is 4.03. The molecule has 1 heterocycles. The van der Waals surface area contributed by atoms with Crippen molar-refractivity contribution in [2.75, 3.05) is 4.90 Å². The molecule has 1 amide bonds. The molecule has 0 aromatic heterocycles. The summed E-state index contributed by atoms with van der Waals surface area (Å²) in [5.41, 5.74) is 10.5. The number of hydrogen-bond acceptors (Lipinski definition) is 2. The summed E-state index contributed by atoms with van der Waals surface area (Å²) in [7, 11) is 0. The smallest absolute Gasteiger partial charge is 0.248 e. The van der Waals surface area contributed by atoms with E-state index in [0.29, 0.717) is 0 Å². The van der Waals surface area contributed by atoms with Gasteiger partial charge in [-0.3, -0.25) is 4.79 Å². The molecular formula is C20H22N2O. The highest BCUT2D eigenvalue weighted by atomic mass is 16.2. The van der Waals surface area contributed by atoms with Crippen molar-refractivity contribution in [3.8, 4) is 11.1 Å². The number of hydrogen-bond donors (Lipinski definition) is 1. The molecule has 2 aromatic rings. The molecule has 2 N–H and O–H groups in total. The van der Waals surface area contributed by atoms with Crippen molar-refractivity contribution in [1.82, 2.24) is 0 Å². The summed E-state index contributed by atoms with van der Waals surface area (Å²) in [5.74, 6) is 0.0364. The zero-order chi connectivity index (χ0) is 15.8. The number of benzene rings is 2. The number of carbonyl (C=O) groups excluding carboxylic acids is 1.